The van der Waals surface area contributed by atoms with E-state index in [-0.39, 0.29) is 12.6 Å². The molecule has 1 aromatic rings. The molecule has 0 N–H and O–H groups in total. The Morgan fingerprint density at radius 2 is 1.81 bits per heavy atom. The summed E-state index contributed by atoms with van der Waals surface area (Å²) in [5, 5.41) is 0. The van der Waals surface area contributed by atoms with Gasteiger partial charge in [0.25, 0.3) is 0 Å². The van der Waals surface area contributed by atoms with Crippen LogP contribution in [0.3, 0.4) is 0 Å². The maximum Gasteiger partial charge on any atom is 0.338 e. The van der Waals surface area contributed by atoms with E-state index in [4.69, 9.17) is 9.47 Å². The predicted molar refractivity (Wildman–Crippen MR) is 83.0 cm³/mol. The molecule has 0 fully saturated rings. The topological polar surface area (TPSA) is 35.5 Å². The zero-order chi connectivity index (χ0) is 15.3. The Kier molecular flexibility index (Phi) is 8.26. The Morgan fingerprint density at radius 1 is 1.10 bits per heavy atom. The van der Waals surface area contributed by atoms with Gasteiger partial charge in [-0.05, 0) is 55.4 Å². The maximum atomic E-state index is 11.5. The van der Waals surface area contributed by atoms with Gasteiger partial charge in [0.2, 0.25) is 0 Å². The van der Waals surface area contributed by atoms with Gasteiger partial charge in [-0.1, -0.05) is 19.3 Å². The van der Waals surface area contributed by atoms with E-state index in [0.717, 1.165) is 19.3 Å². The average molecular weight is 284 g/mol. The van der Waals surface area contributed by atoms with Crippen molar-refractivity contribution in [2.75, 3.05) is 13.2 Å². The third kappa shape index (κ3) is 7.09. The molecule has 0 aliphatic rings. The quantitative estimate of drug-likeness (QED) is 0.456. The molecule has 0 amide bonds. The SMILES string of the molecule is CCCCC#CC#CCOc1ccc(C(=O)OCC)cc1. The van der Waals surface area contributed by atoms with Crippen LogP contribution in [0.5, 0.6) is 5.75 Å². The molecule has 3 nitrogen and oxygen atoms in total. The molecule has 0 radical (unpaired) electrons. The fourth-order valence-corrected chi connectivity index (χ4v) is 1.47. The summed E-state index contributed by atoms with van der Waals surface area (Å²) >= 11 is 0. The number of hydrogen-bond acceptors (Lipinski definition) is 3. The molecule has 0 aliphatic carbocycles. The molecule has 1 rings (SSSR count). The lowest BCUT2D eigenvalue weighted by molar-refractivity contribution is 0.0526. The Balaban J connectivity index is 2.37. The standard InChI is InChI=1S/C18H20O3/c1-3-5-6-7-8-9-10-15-21-17-13-11-16(12-14-17)18(19)20-4-2/h11-14H,3-6,15H2,1-2H3. The van der Waals surface area contributed by atoms with Crippen molar-refractivity contribution < 1.29 is 14.3 Å². The van der Waals surface area contributed by atoms with Crippen LogP contribution in [0, 0.1) is 23.7 Å². The van der Waals surface area contributed by atoms with E-state index in [1.807, 2.05) is 0 Å². The van der Waals surface area contributed by atoms with E-state index in [1.54, 1.807) is 31.2 Å². The lowest BCUT2D eigenvalue weighted by Gasteiger charge is -2.04. The Labute approximate surface area is 126 Å². The molecule has 21 heavy (non-hydrogen) atoms. The van der Waals surface area contributed by atoms with Gasteiger partial charge in [0, 0.05) is 6.42 Å². The van der Waals surface area contributed by atoms with Gasteiger partial charge in [-0.3, -0.25) is 0 Å². The predicted octanol–water partition coefficient (Wildman–Crippen LogP) is 3.44. The highest BCUT2D eigenvalue weighted by atomic mass is 16.5. The number of carbonyl (C=O) groups is 1. The van der Waals surface area contributed by atoms with Crippen molar-refractivity contribution in [2.45, 2.75) is 33.1 Å². The van der Waals surface area contributed by atoms with Crippen LogP contribution in [0.1, 0.15) is 43.5 Å². The second-order valence-electron chi connectivity index (χ2n) is 4.24. The molecule has 110 valence electrons. The van der Waals surface area contributed by atoms with Gasteiger partial charge in [-0.15, -0.1) is 0 Å². The molecule has 0 aromatic heterocycles. The molecular formula is C18H20O3. The molecule has 1 aromatic carbocycles. The second-order valence-corrected chi connectivity index (χ2v) is 4.24. The number of carbonyl (C=O) groups excluding carboxylic acids is 1. The summed E-state index contributed by atoms with van der Waals surface area (Å²) in [5.41, 5.74) is 0.511. The fourth-order valence-electron chi connectivity index (χ4n) is 1.47. The highest BCUT2D eigenvalue weighted by molar-refractivity contribution is 5.89. The molecule has 3 heteroatoms. The maximum absolute atomic E-state index is 11.5. The molecule has 0 atom stereocenters. The van der Waals surface area contributed by atoms with Crippen LogP contribution in [0.4, 0.5) is 0 Å². The zero-order valence-electron chi connectivity index (χ0n) is 12.6. The van der Waals surface area contributed by atoms with Crippen molar-refractivity contribution in [2.24, 2.45) is 0 Å². The van der Waals surface area contributed by atoms with Crippen LogP contribution >= 0.6 is 0 Å². The first-order valence-electron chi connectivity index (χ1n) is 7.13. The third-order valence-electron chi connectivity index (χ3n) is 2.57. The normalized spacial score (nSPS) is 8.86. The summed E-state index contributed by atoms with van der Waals surface area (Å²) in [5.74, 6) is 11.7. The first-order valence-corrected chi connectivity index (χ1v) is 7.13. The van der Waals surface area contributed by atoms with E-state index in [9.17, 15) is 4.79 Å². The lowest BCUT2D eigenvalue weighted by atomic mass is 10.2. The van der Waals surface area contributed by atoms with Crippen molar-refractivity contribution in [1.29, 1.82) is 0 Å². The summed E-state index contributed by atoms with van der Waals surface area (Å²) in [6.07, 6.45) is 3.15. The van der Waals surface area contributed by atoms with Crippen LogP contribution < -0.4 is 4.74 Å². The largest absolute Gasteiger partial charge is 0.481 e. The Morgan fingerprint density at radius 3 is 2.48 bits per heavy atom. The first kappa shape index (κ1) is 16.7. The minimum absolute atomic E-state index is 0.279. The summed E-state index contributed by atoms with van der Waals surface area (Å²) in [4.78, 5) is 11.5. The van der Waals surface area contributed by atoms with Gasteiger partial charge >= 0.3 is 5.97 Å². The minimum atomic E-state index is -0.328. The molecular weight excluding hydrogens is 264 g/mol. The van der Waals surface area contributed by atoms with Gasteiger partial charge in [0.1, 0.15) is 12.4 Å². The Hall–Kier alpha value is -2.39. The first-order chi connectivity index (χ1) is 10.3. The van der Waals surface area contributed by atoms with Crippen molar-refractivity contribution >= 4 is 5.97 Å². The van der Waals surface area contributed by atoms with Crippen LogP contribution in [0.25, 0.3) is 0 Å². The highest BCUT2D eigenvalue weighted by Crippen LogP contribution is 2.12. The molecule has 0 saturated carbocycles. The average Bonchev–Trinajstić information content (AvgIpc) is 2.51. The van der Waals surface area contributed by atoms with Crippen LogP contribution in [0.15, 0.2) is 24.3 Å². The van der Waals surface area contributed by atoms with Gasteiger partial charge in [0.05, 0.1) is 12.2 Å². The molecule has 0 aliphatic heterocycles. The number of ether oxygens (including phenoxy) is 2. The second kappa shape index (κ2) is 10.4. The number of esters is 1. The van der Waals surface area contributed by atoms with Gasteiger partial charge in [-0.2, -0.15) is 0 Å². The number of unbranched alkanes of at least 4 members (excludes halogenated alkanes) is 2. The molecule has 0 unspecified atom stereocenters. The number of rotatable bonds is 6. The third-order valence-corrected chi connectivity index (χ3v) is 2.57. The van der Waals surface area contributed by atoms with E-state index in [0.29, 0.717) is 17.9 Å². The zero-order valence-corrected chi connectivity index (χ0v) is 12.6. The Bertz CT molecular complexity index is 550. The van der Waals surface area contributed by atoms with Crippen molar-refractivity contribution in [3.8, 4) is 29.4 Å². The molecule has 0 saturated heterocycles. The van der Waals surface area contributed by atoms with Crippen molar-refractivity contribution in [3.63, 3.8) is 0 Å². The van der Waals surface area contributed by atoms with Crippen LogP contribution in [-0.4, -0.2) is 19.2 Å². The van der Waals surface area contributed by atoms with E-state index < -0.39 is 0 Å². The van der Waals surface area contributed by atoms with Gasteiger partial charge in [-0.25, -0.2) is 4.79 Å². The van der Waals surface area contributed by atoms with Crippen LogP contribution in [0.2, 0.25) is 0 Å². The fraction of sp³-hybridized carbons (Fsp3) is 0.389. The molecule has 0 bridgehead atoms. The summed E-state index contributed by atoms with van der Waals surface area (Å²) < 4.78 is 10.3. The van der Waals surface area contributed by atoms with E-state index in [1.165, 1.54) is 0 Å². The number of benzene rings is 1. The van der Waals surface area contributed by atoms with Crippen LogP contribution in [-0.2, 0) is 4.74 Å². The van der Waals surface area contributed by atoms with Crippen molar-refractivity contribution in [3.05, 3.63) is 29.8 Å². The van der Waals surface area contributed by atoms with E-state index in [2.05, 4.69) is 30.6 Å². The number of hydrogen-bond donors (Lipinski definition) is 0. The smallest absolute Gasteiger partial charge is 0.338 e. The summed E-state index contributed by atoms with van der Waals surface area (Å²) in [6, 6.07) is 6.79. The lowest BCUT2D eigenvalue weighted by Crippen LogP contribution is -2.04. The van der Waals surface area contributed by atoms with E-state index >= 15 is 0 Å². The van der Waals surface area contributed by atoms with Gasteiger partial charge in [0.15, 0.2) is 0 Å². The highest BCUT2D eigenvalue weighted by Gasteiger charge is 2.05. The summed E-state index contributed by atoms with van der Waals surface area (Å²) in [6.45, 7) is 4.56. The minimum Gasteiger partial charge on any atom is -0.481 e. The molecule has 0 spiro atoms. The molecule has 0 heterocycles. The van der Waals surface area contributed by atoms with Gasteiger partial charge < -0.3 is 9.47 Å². The van der Waals surface area contributed by atoms with Crippen molar-refractivity contribution in [1.82, 2.24) is 0 Å². The summed E-state index contributed by atoms with van der Waals surface area (Å²) in [7, 11) is 0. The monoisotopic (exact) mass is 284 g/mol.